The van der Waals surface area contributed by atoms with Crippen LogP contribution in [0, 0.1) is 11.3 Å². The first-order chi connectivity index (χ1) is 8.79. The van der Waals surface area contributed by atoms with Crippen LogP contribution in [0.3, 0.4) is 0 Å². The van der Waals surface area contributed by atoms with E-state index in [1.165, 1.54) is 5.56 Å². The molecule has 0 N–H and O–H groups in total. The molecule has 0 aliphatic heterocycles. The van der Waals surface area contributed by atoms with E-state index in [-0.39, 0.29) is 0 Å². The van der Waals surface area contributed by atoms with Gasteiger partial charge in [0.2, 0.25) is 0 Å². The minimum absolute atomic E-state index is 0.799. The predicted octanol–water partition coefficient (Wildman–Crippen LogP) is 4.50. The summed E-state index contributed by atoms with van der Waals surface area (Å²) in [6, 6.07) is 18.5. The summed E-state index contributed by atoms with van der Waals surface area (Å²) in [4.78, 5) is 0. The largest absolute Gasteiger partial charge is 0.192 e. The molecule has 0 aliphatic carbocycles. The van der Waals surface area contributed by atoms with Gasteiger partial charge in [0.15, 0.2) is 0 Å². The number of rotatable bonds is 4. The Morgan fingerprint density at radius 3 is 2.39 bits per heavy atom. The van der Waals surface area contributed by atoms with Gasteiger partial charge in [0.25, 0.3) is 0 Å². The zero-order valence-corrected chi connectivity index (χ0v) is 11.7. The summed E-state index contributed by atoms with van der Waals surface area (Å²) in [5.41, 5.74) is 3.29. The van der Waals surface area contributed by atoms with E-state index < -0.39 is 0 Å². The van der Waals surface area contributed by atoms with Gasteiger partial charge in [-0.1, -0.05) is 46.3 Å². The lowest BCUT2D eigenvalue weighted by atomic mass is 10.0. The fourth-order valence-corrected chi connectivity index (χ4v) is 2.25. The Kier molecular flexibility index (Phi) is 4.55. The number of halogens is 1. The Balaban J connectivity index is 1.93. The topological polar surface area (TPSA) is 23.8 Å². The molecule has 0 amide bonds. The second-order valence-electron chi connectivity index (χ2n) is 4.25. The third-order valence-electron chi connectivity index (χ3n) is 2.96. The van der Waals surface area contributed by atoms with Crippen LogP contribution in [-0.2, 0) is 12.8 Å². The summed E-state index contributed by atoms with van der Waals surface area (Å²) < 4.78 is 1.11. The van der Waals surface area contributed by atoms with Crippen molar-refractivity contribution in [2.75, 3.05) is 0 Å². The van der Waals surface area contributed by atoms with Crippen LogP contribution in [0.1, 0.15) is 23.1 Å². The van der Waals surface area contributed by atoms with Crippen molar-refractivity contribution in [3.8, 4) is 6.07 Å². The fourth-order valence-electron chi connectivity index (χ4n) is 1.98. The highest BCUT2D eigenvalue weighted by atomic mass is 79.9. The molecule has 0 fully saturated rings. The van der Waals surface area contributed by atoms with Crippen molar-refractivity contribution in [2.45, 2.75) is 19.3 Å². The van der Waals surface area contributed by atoms with Gasteiger partial charge >= 0.3 is 0 Å². The summed E-state index contributed by atoms with van der Waals surface area (Å²) in [5.74, 6) is 0. The van der Waals surface area contributed by atoms with E-state index in [1.54, 1.807) is 0 Å². The van der Waals surface area contributed by atoms with Crippen LogP contribution in [-0.4, -0.2) is 0 Å². The minimum atomic E-state index is 0.799. The highest BCUT2D eigenvalue weighted by molar-refractivity contribution is 9.10. The van der Waals surface area contributed by atoms with Crippen LogP contribution >= 0.6 is 15.9 Å². The quantitative estimate of drug-likeness (QED) is 0.815. The van der Waals surface area contributed by atoms with Gasteiger partial charge in [0.1, 0.15) is 0 Å². The first-order valence-corrected chi connectivity index (χ1v) is 6.81. The Hall–Kier alpha value is -1.59. The van der Waals surface area contributed by atoms with E-state index in [9.17, 15) is 0 Å². The highest BCUT2D eigenvalue weighted by Gasteiger charge is 2.01. The van der Waals surface area contributed by atoms with Crippen molar-refractivity contribution in [2.24, 2.45) is 0 Å². The molecule has 0 saturated carbocycles. The standard InChI is InChI=1S/C16H14BrN/c17-16-10-8-13(9-11-16)4-3-7-14-5-1-2-6-15(14)12-18/h1-2,5-6,8-11H,3-4,7H2. The molecule has 1 nitrogen and oxygen atoms in total. The average molecular weight is 300 g/mol. The van der Waals surface area contributed by atoms with Crippen molar-refractivity contribution in [3.63, 3.8) is 0 Å². The van der Waals surface area contributed by atoms with Crippen molar-refractivity contribution in [1.29, 1.82) is 5.26 Å². The maximum absolute atomic E-state index is 9.01. The van der Waals surface area contributed by atoms with E-state index in [4.69, 9.17) is 5.26 Å². The van der Waals surface area contributed by atoms with Gasteiger partial charge in [0, 0.05) is 4.47 Å². The molecule has 0 atom stereocenters. The van der Waals surface area contributed by atoms with E-state index in [0.29, 0.717) is 0 Å². The number of aryl methyl sites for hydroxylation is 2. The maximum atomic E-state index is 9.01. The fraction of sp³-hybridized carbons (Fsp3) is 0.188. The molecule has 2 rings (SSSR count). The molecule has 0 unspecified atom stereocenters. The third kappa shape index (κ3) is 3.45. The SMILES string of the molecule is N#Cc1ccccc1CCCc1ccc(Br)cc1. The van der Waals surface area contributed by atoms with E-state index in [2.05, 4.69) is 46.3 Å². The first-order valence-electron chi connectivity index (χ1n) is 6.02. The van der Waals surface area contributed by atoms with Gasteiger partial charge in [0.05, 0.1) is 11.6 Å². The number of benzene rings is 2. The molecule has 0 bridgehead atoms. The monoisotopic (exact) mass is 299 g/mol. The van der Waals surface area contributed by atoms with E-state index in [0.717, 1.165) is 34.9 Å². The van der Waals surface area contributed by atoms with Crippen LogP contribution in [0.4, 0.5) is 0 Å². The Bertz CT molecular complexity index is 552. The lowest BCUT2D eigenvalue weighted by Gasteiger charge is -2.04. The molecule has 0 spiro atoms. The highest BCUT2D eigenvalue weighted by Crippen LogP contribution is 2.14. The Labute approximate surface area is 116 Å². The smallest absolute Gasteiger partial charge is 0.0994 e. The van der Waals surface area contributed by atoms with Gasteiger partial charge in [-0.2, -0.15) is 5.26 Å². The number of nitrogens with zero attached hydrogens (tertiary/aromatic N) is 1. The predicted molar refractivity (Wildman–Crippen MR) is 77.3 cm³/mol. The summed E-state index contributed by atoms with van der Waals surface area (Å²) in [6.07, 6.45) is 3.08. The molecule has 2 aromatic rings. The second kappa shape index (κ2) is 6.37. The Morgan fingerprint density at radius 2 is 1.67 bits per heavy atom. The minimum Gasteiger partial charge on any atom is -0.192 e. The van der Waals surface area contributed by atoms with Crippen LogP contribution in [0.5, 0.6) is 0 Å². The van der Waals surface area contributed by atoms with Gasteiger partial charge in [-0.25, -0.2) is 0 Å². The van der Waals surface area contributed by atoms with Crippen LogP contribution in [0.25, 0.3) is 0 Å². The molecule has 2 aromatic carbocycles. The molecular formula is C16H14BrN. The first kappa shape index (κ1) is 12.9. The second-order valence-corrected chi connectivity index (χ2v) is 5.16. The molecule has 0 radical (unpaired) electrons. The molecule has 0 saturated heterocycles. The summed E-state index contributed by atoms with van der Waals surface area (Å²) in [7, 11) is 0. The average Bonchev–Trinajstić information content (AvgIpc) is 2.41. The molecule has 0 aliphatic rings. The molecule has 18 heavy (non-hydrogen) atoms. The van der Waals surface area contributed by atoms with Crippen LogP contribution in [0.2, 0.25) is 0 Å². The lowest BCUT2D eigenvalue weighted by molar-refractivity contribution is 0.819. The third-order valence-corrected chi connectivity index (χ3v) is 3.49. The van der Waals surface area contributed by atoms with Gasteiger partial charge in [-0.3, -0.25) is 0 Å². The van der Waals surface area contributed by atoms with Crippen molar-refractivity contribution in [1.82, 2.24) is 0 Å². The van der Waals surface area contributed by atoms with Gasteiger partial charge < -0.3 is 0 Å². The molecule has 90 valence electrons. The summed E-state index contributed by atoms with van der Waals surface area (Å²) in [5, 5.41) is 9.01. The summed E-state index contributed by atoms with van der Waals surface area (Å²) in [6.45, 7) is 0. The van der Waals surface area contributed by atoms with E-state index in [1.807, 2.05) is 24.3 Å². The van der Waals surface area contributed by atoms with Crippen molar-refractivity contribution < 1.29 is 0 Å². The number of hydrogen-bond acceptors (Lipinski definition) is 1. The van der Waals surface area contributed by atoms with Crippen LogP contribution in [0.15, 0.2) is 53.0 Å². The van der Waals surface area contributed by atoms with E-state index >= 15 is 0 Å². The maximum Gasteiger partial charge on any atom is 0.0994 e. The Morgan fingerprint density at radius 1 is 0.944 bits per heavy atom. The molecule has 0 aromatic heterocycles. The van der Waals surface area contributed by atoms with Crippen molar-refractivity contribution in [3.05, 3.63) is 69.7 Å². The number of nitriles is 1. The number of hydrogen-bond donors (Lipinski definition) is 0. The van der Waals surface area contributed by atoms with Gasteiger partial charge in [-0.15, -0.1) is 0 Å². The lowest BCUT2D eigenvalue weighted by Crippen LogP contribution is -1.93. The molecule has 2 heteroatoms. The van der Waals surface area contributed by atoms with Crippen molar-refractivity contribution >= 4 is 15.9 Å². The molecule has 0 heterocycles. The normalized spacial score (nSPS) is 10.0. The zero-order valence-electron chi connectivity index (χ0n) is 10.1. The zero-order chi connectivity index (χ0) is 12.8. The molecular weight excluding hydrogens is 286 g/mol. The summed E-state index contributed by atoms with van der Waals surface area (Å²) >= 11 is 3.43. The van der Waals surface area contributed by atoms with Gasteiger partial charge in [-0.05, 0) is 48.6 Å². The van der Waals surface area contributed by atoms with Crippen LogP contribution < -0.4 is 0 Å².